The van der Waals surface area contributed by atoms with Crippen molar-refractivity contribution in [3.8, 4) is 11.5 Å². The molecule has 6 nitrogen and oxygen atoms in total. The first-order chi connectivity index (χ1) is 13.7. The summed E-state index contributed by atoms with van der Waals surface area (Å²) in [5.41, 5.74) is 1.16. The largest absolute Gasteiger partial charge is 0.491 e. The van der Waals surface area contributed by atoms with Gasteiger partial charge in [-0.2, -0.15) is 0 Å². The number of rotatable bonds is 13. The molecule has 0 aliphatic heterocycles. The summed E-state index contributed by atoms with van der Waals surface area (Å²) in [5, 5.41) is 16.0. The molecule has 0 heterocycles. The van der Waals surface area contributed by atoms with E-state index in [0.29, 0.717) is 18.8 Å². The number of carbonyl (C=O) groups is 1. The zero-order valence-electron chi connectivity index (χ0n) is 16.4. The fourth-order valence-corrected chi connectivity index (χ4v) is 2.49. The van der Waals surface area contributed by atoms with Gasteiger partial charge in [0.1, 0.15) is 24.2 Å². The topological polar surface area (TPSA) is 79.8 Å². The van der Waals surface area contributed by atoms with Crippen molar-refractivity contribution < 1.29 is 19.4 Å². The number of hydrogen-bond acceptors (Lipinski definition) is 5. The zero-order chi connectivity index (χ0) is 20.0. The van der Waals surface area contributed by atoms with Crippen molar-refractivity contribution in [2.45, 2.75) is 25.9 Å². The van der Waals surface area contributed by atoms with Crippen molar-refractivity contribution in [1.82, 2.24) is 10.6 Å². The van der Waals surface area contributed by atoms with Crippen LogP contribution in [0.4, 0.5) is 0 Å². The van der Waals surface area contributed by atoms with Crippen LogP contribution in [-0.2, 0) is 11.2 Å². The Hall–Kier alpha value is -2.57. The second-order valence-corrected chi connectivity index (χ2v) is 6.51. The minimum atomic E-state index is -0.560. The van der Waals surface area contributed by atoms with Crippen LogP contribution in [0, 0.1) is 0 Å². The van der Waals surface area contributed by atoms with Crippen LogP contribution in [0.5, 0.6) is 11.5 Å². The van der Waals surface area contributed by atoms with E-state index in [-0.39, 0.29) is 19.1 Å². The third-order valence-electron chi connectivity index (χ3n) is 4.02. The molecule has 0 saturated heterocycles. The highest BCUT2D eigenvalue weighted by Crippen LogP contribution is 2.12. The van der Waals surface area contributed by atoms with Crippen molar-refractivity contribution in [3.63, 3.8) is 0 Å². The Morgan fingerprint density at radius 2 is 1.71 bits per heavy atom. The van der Waals surface area contributed by atoms with Gasteiger partial charge in [0.15, 0.2) is 6.61 Å². The highest BCUT2D eigenvalue weighted by Gasteiger charge is 2.05. The summed E-state index contributed by atoms with van der Waals surface area (Å²) >= 11 is 0. The van der Waals surface area contributed by atoms with E-state index < -0.39 is 6.10 Å². The first-order valence-corrected chi connectivity index (χ1v) is 9.72. The van der Waals surface area contributed by atoms with E-state index in [9.17, 15) is 9.90 Å². The number of ether oxygens (including phenoxy) is 2. The molecule has 0 aromatic heterocycles. The van der Waals surface area contributed by atoms with Crippen LogP contribution >= 0.6 is 0 Å². The van der Waals surface area contributed by atoms with E-state index in [1.54, 1.807) is 0 Å². The number of aliphatic hydroxyl groups excluding tert-OH is 1. The highest BCUT2D eigenvalue weighted by atomic mass is 16.5. The summed E-state index contributed by atoms with van der Waals surface area (Å²) in [4.78, 5) is 11.5. The standard InChI is InChI=1S/C22H30N2O4/c1-2-13-24-22(26)17-28-21-10-8-18(9-11-21)12-14-23-15-19(25)16-27-20-6-4-3-5-7-20/h3-11,19,23,25H,2,12-17H2,1H3,(H,24,26). The van der Waals surface area contributed by atoms with E-state index in [2.05, 4.69) is 10.6 Å². The molecule has 2 aromatic rings. The van der Waals surface area contributed by atoms with Crippen molar-refractivity contribution in [2.24, 2.45) is 0 Å². The molecule has 0 fully saturated rings. The van der Waals surface area contributed by atoms with Gasteiger partial charge in [0.05, 0.1) is 0 Å². The molecular weight excluding hydrogens is 356 g/mol. The van der Waals surface area contributed by atoms with Gasteiger partial charge in [-0.25, -0.2) is 0 Å². The maximum absolute atomic E-state index is 11.5. The lowest BCUT2D eigenvalue weighted by Crippen LogP contribution is -2.32. The molecule has 28 heavy (non-hydrogen) atoms. The Morgan fingerprint density at radius 3 is 2.43 bits per heavy atom. The van der Waals surface area contributed by atoms with E-state index in [4.69, 9.17) is 9.47 Å². The van der Waals surface area contributed by atoms with Crippen LogP contribution in [0.1, 0.15) is 18.9 Å². The Bertz CT molecular complexity index is 677. The van der Waals surface area contributed by atoms with Crippen LogP contribution in [-0.4, -0.2) is 50.0 Å². The highest BCUT2D eigenvalue weighted by molar-refractivity contribution is 5.77. The van der Waals surface area contributed by atoms with E-state index in [1.165, 1.54) is 0 Å². The number of carbonyl (C=O) groups excluding carboxylic acids is 1. The Balaban J connectivity index is 1.58. The van der Waals surface area contributed by atoms with Crippen molar-refractivity contribution >= 4 is 5.91 Å². The number of aliphatic hydroxyl groups is 1. The fourth-order valence-electron chi connectivity index (χ4n) is 2.49. The second-order valence-electron chi connectivity index (χ2n) is 6.51. The normalized spacial score (nSPS) is 11.6. The van der Waals surface area contributed by atoms with Gasteiger partial charge >= 0.3 is 0 Å². The summed E-state index contributed by atoms with van der Waals surface area (Å²) in [6.07, 6.45) is 1.18. The smallest absolute Gasteiger partial charge is 0.257 e. The number of para-hydroxylation sites is 1. The van der Waals surface area contributed by atoms with E-state index in [1.807, 2.05) is 61.5 Å². The number of amides is 1. The van der Waals surface area contributed by atoms with Gasteiger partial charge < -0.3 is 25.2 Å². The van der Waals surface area contributed by atoms with Crippen molar-refractivity contribution in [2.75, 3.05) is 32.8 Å². The monoisotopic (exact) mass is 386 g/mol. The average molecular weight is 386 g/mol. The van der Waals surface area contributed by atoms with E-state index in [0.717, 1.165) is 30.7 Å². The average Bonchev–Trinajstić information content (AvgIpc) is 2.74. The van der Waals surface area contributed by atoms with Crippen molar-refractivity contribution in [1.29, 1.82) is 0 Å². The number of hydrogen-bond donors (Lipinski definition) is 3. The molecule has 0 bridgehead atoms. The summed E-state index contributed by atoms with van der Waals surface area (Å²) in [6.45, 7) is 4.19. The van der Waals surface area contributed by atoms with Crippen LogP contribution in [0.25, 0.3) is 0 Å². The molecule has 1 amide bonds. The lowest BCUT2D eigenvalue weighted by Gasteiger charge is -2.13. The molecule has 1 atom stereocenters. The maximum atomic E-state index is 11.5. The molecule has 0 saturated carbocycles. The Kier molecular flexibility index (Phi) is 9.89. The van der Waals surface area contributed by atoms with Gasteiger partial charge in [-0.3, -0.25) is 4.79 Å². The molecule has 6 heteroatoms. The Labute approximate surface area is 166 Å². The zero-order valence-corrected chi connectivity index (χ0v) is 16.4. The minimum absolute atomic E-state index is 0.0316. The fraction of sp³-hybridized carbons (Fsp3) is 0.409. The van der Waals surface area contributed by atoms with Crippen LogP contribution < -0.4 is 20.1 Å². The molecule has 152 valence electrons. The molecule has 0 spiro atoms. The molecule has 3 N–H and O–H groups in total. The molecule has 1 unspecified atom stereocenters. The van der Waals surface area contributed by atoms with Gasteiger partial charge in [-0.15, -0.1) is 0 Å². The molecule has 0 aliphatic rings. The van der Waals surface area contributed by atoms with Gasteiger partial charge in [0.2, 0.25) is 0 Å². The van der Waals surface area contributed by atoms with E-state index >= 15 is 0 Å². The Morgan fingerprint density at radius 1 is 1.00 bits per heavy atom. The predicted octanol–water partition coefficient (Wildman–Crippen LogP) is 2.16. The lowest BCUT2D eigenvalue weighted by atomic mass is 10.1. The predicted molar refractivity (Wildman–Crippen MR) is 110 cm³/mol. The van der Waals surface area contributed by atoms with Crippen LogP contribution in [0.3, 0.4) is 0 Å². The van der Waals surface area contributed by atoms with Gasteiger partial charge in [0.25, 0.3) is 5.91 Å². The molecule has 0 aliphatic carbocycles. The van der Waals surface area contributed by atoms with Gasteiger partial charge in [0, 0.05) is 13.1 Å². The van der Waals surface area contributed by atoms with Crippen LogP contribution in [0.2, 0.25) is 0 Å². The second kappa shape index (κ2) is 12.8. The minimum Gasteiger partial charge on any atom is -0.491 e. The molecule has 2 rings (SSSR count). The summed E-state index contributed by atoms with van der Waals surface area (Å²) < 4.78 is 11.0. The van der Waals surface area contributed by atoms with Gasteiger partial charge in [-0.05, 0) is 49.2 Å². The van der Waals surface area contributed by atoms with Gasteiger partial charge in [-0.1, -0.05) is 37.3 Å². The third kappa shape index (κ3) is 8.88. The summed E-state index contributed by atoms with van der Waals surface area (Å²) in [5.74, 6) is 1.33. The quantitative estimate of drug-likeness (QED) is 0.460. The SMILES string of the molecule is CCCNC(=O)COc1ccc(CCNCC(O)COc2ccccc2)cc1. The first-order valence-electron chi connectivity index (χ1n) is 9.72. The molecule has 0 radical (unpaired) electrons. The third-order valence-corrected chi connectivity index (χ3v) is 4.02. The first kappa shape index (κ1) is 21.7. The number of benzene rings is 2. The molecule has 2 aromatic carbocycles. The summed E-state index contributed by atoms with van der Waals surface area (Å²) in [6, 6.07) is 17.2. The number of nitrogens with one attached hydrogen (secondary N) is 2. The lowest BCUT2D eigenvalue weighted by molar-refractivity contribution is -0.123. The maximum Gasteiger partial charge on any atom is 0.257 e. The van der Waals surface area contributed by atoms with Crippen molar-refractivity contribution in [3.05, 3.63) is 60.2 Å². The molecular formula is C22H30N2O4. The van der Waals surface area contributed by atoms with Crippen LogP contribution in [0.15, 0.2) is 54.6 Å². The summed E-state index contributed by atoms with van der Waals surface area (Å²) in [7, 11) is 0.